The molecule has 142 valence electrons. The third-order valence-electron chi connectivity index (χ3n) is 4.48. The number of benzene rings is 2. The maximum atomic E-state index is 12.5. The molecule has 0 spiro atoms. The van der Waals surface area contributed by atoms with E-state index >= 15 is 0 Å². The van der Waals surface area contributed by atoms with E-state index in [2.05, 4.69) is 40.0 Å². The summed E-state index contributed by atoms with van der Waals surface area (Å²) in [6, 6.07) is 13.4. The Balaban J connectivity index is 1.73. The van der Waals surface area contributed by atoms with E-state index in [1.165, 1.54) is 4.90 Å². The highest BCUT2D eigenvalue weighted by molar-refractivity contribution is 9.10. The van der Waals surface area contributed by atoms with E-state index in [9.17, 15) is 9.59 Å². The number of nitrogens with zero attached hydrogens (tertiary/aromatic N) is 2. The molecule has 3 rings (SSSR count). The lowest BCUT2D eigenvalue weighted by Crippen LogP contribution is -2.43. The summed E-state index contributed by atoms with van der Waals surface area (Å²) in [5.74, 6) is 0.0778. The summed E-state index contributed by atoms with van der Waals surface area (Å²) in [6.07, 6.45) is 0. The number of amides is 2. The van der Waals surface area contributed by atoms with Crippen LogP contribution in [0.25, 0.3) is 0 Å². The molecule has 0 saturated heterocycles. The van der Waals surface area contributed by atoms with Crippen molar-refractivity contribution in [3.05, 3.63) is 46.9 Å². The zero-order valence-electron chi connectivity index (χ0n) is 15.5. The number of halogens is 1. The fraction of sp³-hybridized carbons (Fsp3) is 0.300. The van der Waals surface area contributed by atoms with Crippen molar-refractivity contribution in [3.63, 3.8) is 0 Å². The van der Waals surface area contributed by atoms with E-state index < -0.39 is 0 Å². The number of carbonyl (C=O) groups excluding carboxylic acids is 2. The summed E-state index contributed by atoms with van der Waals surface area (Å²) in [4.78, 5) is 28.4. The molecule has 2 aromatic carbocycles. The van der Waals surface area contributed by atoms with E-state index in [1.807, 2.05) is 37.4 Å². The van der Waals surface area contributed by atoms with Gasteiger partial charge in [-0.3, -0.25) is 14.5 Å². The molecule has 0 saturated carbocycles. The number of hydrogen-bond acceptors (Lipinski definition) is 4. The number of nitrogens with one attached hydrogen (secondary N) is 1. The van der Waals surface area contributed by atoms with Gasteiger partial charge >= 0.3 is 0 Å². The predicted molar refractivity (Wildman–Crippen MR) is 111 cm³/mol. The van der Waals surface area contributed by atoms with Gasteiger partial charge in [0.05, 0.1) is 5.69 Å². The zero-order chi connectivity index (χ0) is 19.6. The maximum Gasteiger partial charge on any atom is 0.265 e. The molecule has 0 atom stereocenters. The molecule has 7 heteroatoms. The summed E-state index contributed by atoms with van der Waals surface area (Å²) < 4.78 is 6.31. The van der Waals surface area contributed by atoms with Gasteiger partial charge < -0.3 is 15.0 Å². The average molecular weight is 432 g/mol. The van der Waals surface area contributed by atoms with Crippen LogP contribution in [0.1, 0.15) is 13.8 Å². The van der Waals surface area contributed by atoms with Gasteiger partial charge in [0.15, 0.2) is 6.61 Å². The van der Waals surface area contributed by atoms with Gasteiger partial charge in [0.1, 0.15) is 12.3 Å². The van der Waals surface area contributed by atoms with Crippen LogP contribution in [0.4, 0.5) is 17.1 Å². The Hall–Kier alpha value is -2.54. The largest absolute Gasteiger partial charge is 0.482 e. The first-order valence-electron chi connectivity index (χ1n) is 8.70. The van der Waals surface area contributed by atoms with Crippen molar-refractivity contribution in [3.8, 4) is 5.75 Å². The van der Waals surface area contributed by atoms with Gasteiger partial charge in [-0.15, -0.1) is 0 Å². The molecule has 0 fully saturated rings. The van der Waals surface area contributed by atoms with Crippen LogP contribution in [0.2, 0.25) is 0 Å². The Morgan fingerprint density at radius 1 is 1.30 bits per heavy atom. The van der Waals surface area contributed by atoms with Crippen LogP contribution in [-0.4, -0.2) is 38.1 Å². The summed E-state index contributed by atoms with van der Waals surface area (Å²) in [6.45, 7) is 4.06. The Kier molecular flexibility index (Phi) is 5.70. The standard InChI is InChI=1S/C20H22BrN3O3/c1-13(2)23(3)16-6-4-5-15(10-16)22-19(25)11-24-17-8-7-14(21)9-18(17)27-12-20(24)26/h4-10,13H,11-12H2,1-3H3,(H,22,25). The minimum Gasteiger partial charge on any atom is -0.482 e. The van der Waals surface area contributed by atoms with Gasteiger partial charge in [-0.1, -0.05) is 22.0 Å². The lowest BCUT2D eigenvalue weighted by atomic mass is 10.2. The van der Waals surface area contributed by atoms with Gasteiger partial charge in [-0.05, 0) is 50.2 Å². The number of anilines is 3. The minimum absolute atomic E-state index is 0.0684. The van der Waals surface area contributed by atoms with E-state index in [4.69, 9.17) is 4.74 Å². The monoisotopic (exact) mass is 431 g/mol. The molecule has 2 amide bonds. The van der Waals surface area contributed by atoms with Crippen LogP contribution in [-0.2, 0) is 9.59 Å². The highest BCUT2D eigenvalue weighted by Crippen LogP contribution is 2.34. The smallest absolute Gasteiger partial charge is 0.265 e. The number of hydrogen-bond donors (Lipinski definition) is 1. The molecule has 1 aliphatic heterocycles. The molecule has 2 aromatic rings. The average Bonchev–Trinajstić information content (AvgIpc) is 2.63. The number of ether oxygens (including phenoxy) is 1. The molecule has 0 unspecified atom stereocenters. The van der Waals surface area contributed by atoms with E-state index in [1.54, 1.807) is 12.1 Å². The maximum absolute atomic E-state index is 12.5. The summed E-state index contributed by atoms with van der Waals surface area (Å²) >= 11 is 3.38. The molecule has 0 aromatic heterocycles. The van der Waals surface area contributed by atoms with Crippen molar-refractivity contribution < 1.29 is 14.3 Å². The van der Waals surface area contributed by atoms with Crippen molar-refractivity contribution in [2.24, 2.45) is 0 Å². The lowest BCUT2D eigenvalue weighted by Gasteiger charge is -2.29. The summed E-state index contributed by atoms with van der Waals surface area (Å²) in [5.41, 5.74) is 2.31. The van der Waals surface area contributed by atoms with Crippen LogP contribution in [0, 0.1) is 0 Å². The molecule has 1 aliphatic rings. The quantitative estimate of drug-likeness (QED) is 0.784. The van der Waals surface area contributed by atoms with E-state index in [0.717, 1.165) is 10.2 Å². The summed E-state index contributed by atoms with van der Waals surface area (Å²) in [7, 11) is 2.01. The second kappa shape index (κ2) is 8.00. The Morgan fingerprint density at radius 3 is 2.81 bits per heavy atom. The number of fused-ring (bicyclic) bond motifs is 1. The molecular formula is C20H22BrN3O3. The SMILES string of the molecule is CC(C)N(C)c1cccc(NC(=O)CN2C(=O)COc3cc(Br)ccc32)c1. The molecule has 27 heavy (non-hydrogen) atoms. The van der Waals surface area contributed by atoms with Crippen LogP contribution < -0.4 is 19.9 Å². The molecule has 6 nitrogen and oxygen atoms in total. The van der Waals surface area contributed by atoms with E-state index in [0.29, 0.717) is 23.2 Å². The predicted octanol–water partition coefficient (Wildman–Crippen LogP) is 3.66. The third kappa shape index (κ3) is 4.42. The fourth-order valence-electron chi connectivity index (χ4n) is 2.80. The Morgan fingerprint density at radius 2 is 2.07 bits per heavy atom. The Bertz CT molecular complexity index is 869. The first-order chi connectivity index (χ1) is 12.8. The Labute approximate surface area is 167 Å². The van der Waals surface area contributed by atoms with Crippen molar-refractivity contribution in [1.82, 2.24) is 0 Å². The molecular weight excluding hydrogens is 410 g/mol. The zero-order valence-corrected chi connectivity index (χ0v) is 17.1. The van der Waals surface area contributed by atoms with Crippen molar-refractivity contribution >= 4 is 44.8 Å². The first-order valence-corrected chi connectivity index (χ1v) is 9.50. The third-order valence-corrected chi connectivity index (χ3v) is 4.97. The number of rotatable bonds is 5. The fourth-order valence-corrected chi connectivity index (χ4v) is 3.14. The molecule has 0 bridgehead atoms. The van der Waals surface area contributed by atoms with Gasteiger partial charge in [0, 0.05) is 28.9 Å². The van der Waals surface area contributed by atoms with Gasteiger partial charge in [-0.2, -0.15) is 0 Å². The van der Waals surface area contributed by atoms with E-state index in [-0.39, 0.29) is 25.0 Å². The van der Waals surface area contributed by atoms with Crippen LogP contribution in [0.15, 0.2) is 46.9 Å². The lowest BCUT2D eigenvalue weighted by molar-refractivity contribution is -0.123. The van der Waals surface area contributed by atoms with Gasteiger partial charge in [0.2, 0.25) is 5.91 Å². The molecule has 0 aliphatic carbocycles. The first kappa shape index (κ1) is 19.2. The van der Waals surface area contributed by atoms with Gasteiger partial charge in [0.25, 0.3) is 5.91 Å². The van der Waals surface area contributed by atoms with Crippen molar-refractivity contribution in [2.45, 2.75) is 19.9 Å². The molecule has 0 radical (unpaired) electrons. The highest BCUT2D eigenvalue weighted by Gasteiger charge is 2.27. The minimum atomic E-state index is -0.261. The van der Waals surface area contributed by atoms with Crippen LogP contribution in [0.3, 0.4) is 0 Å². The van der Waals surface area contributed by atoms with Crippen LogP contribution >= 0.6 is 15.9 Å². The van der Waals surface area contributed by atoms with Crippen molar-refractivity contribution in [2.75, 3.05) is 35.3 Å². The molecule has 1 heterocycles. The highest BCUT2D eigenvalue weighted by atomic mass is 79.9. The normalized spacial score (nSPS) is 13.2. The number of carbonyl (C=O) groups is 2. The second-order valence-corrected chi connectivity index (χ2v) is 7.60. The molecule has 1 N–H and O–H groups in total. The van der Waals surface area contributed by atoms with Gasteiger partial charge in [-0.25, -0.2) is 0 Å². The second-order valence-electron chi connectivity index (χ2n) is 6.68. The summed E-state index contributed by atoms with van der Waals surface area (Å²) in [5, 5.41) is 2.88. The van der Waals surface area contributed by atoms with Crippen LogP contribution in [0.5, 0.6) is 5.75 Å². The topological polar surface area (TPSA) is 61.9 Å². The van der Waals surface area contributed by atoms with Crippen molar-refractivity contribution in [1.29, 1.82) is 0 Å².